The van der Waals surface area contributed by atoms with Gasteiger partial charge < -0.3 is 14.7 Å². The van der Waals surface area contributed by atoms with Gasteiger partial charge in [-0.25, -0.2) is 4.79 Å². The molecular formula is C16H21NO4. The fraction of sp³-hybridized carbons (Fsp3) is 0.500. The number of morpholine rings is 1. The summed E-state index contributed by atoms with van der Waals surface area (Å²) < 4.78 is 5.95. The van der Waals surface area contributed by atoms with Crippen LogP contribution in [-0.2, 0) is 4.74 Å². The lowest BCUT2D eigenvalue weighted by molar-refractivity contribution is -0.171. The number of nitrogens with zero attached hydrogens (tertiary/aromatic N) is 1. The van der Waals surface area contributed by atoms with Crippen LogP contribution in [0.15, 0.2) is 24.3 Å². The van der Waals surface area contributed by atoms with E-state index in [1.54, 1.807) is 17.0 Å². The minimum Gasteiger partial charge on any atom is -0.478 e. The highest BCUT2D eigenvalue weighted by atomic mass is 16.5. The quantitative estimate of drug-likeness (QED) is 0.908. The van der Waals surface area contributed by atoms with Gasteiger partial charge in [0.25, 0.3) is 5.91 Å². The molecule has 0 unspecified atom stereocenters. The van der Waals surface area contributed by atoms with Crippen LogP contribution in [0.5, 0.6) is 0 Å². The first-order valence-corrected chi connectivity index (χ1v) is 6.92. The van der Waals surface area contributed by atoms with E-state index in [9.17, 15) is 9.59 Å². The van der Waals surface area contributed by atoms with Crippen molar-refractivity contribution in [2.45, 2.75) is 38.9 Å². The normalized spacial score (nSPS) is 20.1. The number of hydrogen-bond acceptors (Lipinski definition) is 3. The van der Waals surface area contributed by atoms with E-state index in [-0.39, 0.29) is 11.5 Å². The van der Waals surface area contributed by atoms with E-state index < -0.39 is 17.2 Å². The van der Waals surface area contributed by atoms with E-state index in [2.05, 4.69) is 0 Å². The Morgan fingerprint density at radius 1 is 1.10 bits per heavy atom. The van der Waals surface area contributed by atoms with Gasteiger partial charge in [0.2, 0.25) is 0 Å². The second-order valence-corrected chi connectivity index (χ2v) is 6.67. The molecule has 0 saturated carbocycles. The van der Waals surface area contributed by atoms with Gasteiger partial charge in [0, 0.05) is 18.7 Å². The van der Waals surface area contributed by atoms with Crippen LogP contribution in [0.2, 0.25) is 0 Å². The highest BCUT2D eigenvalue weighted by Crippen LogP contribution is 2.29. The van der Waals surface area contributed by atoms with E-state index in [4.69, 9.17) is 9.84 Å². The number of carbonyl (C=O) groups excluding carboxylic acids is 1. The van der Waals surface area contributed by atoms with E-state index in [1.807, 2.05) is 27.7 Å². The standard InChI is InChI=1S/C16H21NO4/c1-15(2)9-17(10-16(3,4)21-15)13(18)11-6-5-7-12(8-11)14(19)20/h5-8H,9-10H2,1-4H3,(H,19,20). The van der Waals surface area contributed by atoms with E-state index in [1.165, 1.54) is 12.1 Å². The number of hydrogen-bond donors (Lipinski definition) is 1. The van der Waals surface area contributed by atoms with Crippen molar-refractivity contribution in [2.75, 3.05) is 13.1 Å². The van der Waals surface area contributed by atoms with Gasteiger partial charge in [-0.1, -0.05) is 6.07 Å². The zero-order chi connectivity index (χ0) is 15.8. The molecule has 1 N–H and O–H groups in total. The maximum absolute atomic E-state index is 12.6. The average Bonchev–Trinajstić information content (AvgIpc) is 2.34. The summed E-state index contributed by atoms with van der Waals surface area (Å²) in [5.41, 5.74) is -0.347. The van der Waals surface area contributed by atoms with Gasteiger partial charge in [0.1, 0.15) is 0 Å². The van der Waals surface area contributed by atoms with Crippen molar-refractivity contribution in [1.29, 1.82) is 0 Å². The maximum atomic E-state index is 12.6. The van der Waals surface area contributed by atoms with Crippen LogP contribution in [-0.4, -0.2) is 46.2 Å². The molecule has 1 aliphatic heterocycles. The molecule has 2 rings (SSSR count). The molecule has 1 aromatic rings. The number of carboxylic acids is 1. The van der Waals surface area contributed by atoms with Crippen LogP contribution in [0.25, 0.3) is 0 Å². The smallest absolute Gasteiger partial charge is 0.335 e. The van der Waals surface area contributed by atoms with Crippen molar-refractivity contribution in [3.05, 3.63) is 35.4 Å². The Bertz CT molecular complexity index is 561. The van der Waals surface area contributed by atoms with Crippen molar-refractivity contribution < 1.29 is 19.4 Å². The van der Waals surface area contributed by atoms with Gasteiger partial charge in [-0.3, -0.25) is 4.79 Å². The molecule has 21 heavy (non-hydrogen) atoms. The zero-order valence-electron chi connectivity index (χ0n) is 12.8. The van der Waals surface area contributed by atoms with E-state index in [0.717, 1.165) is 0 Å². The predicted octanol–water partition coefficient (Wildman–Crippen LogP) is 2.41. The van der Waals surface area contributed by atoms with Crippen molar-refractivity contribution in [3.63, 3.8) is 0 Å². The van der Waals surface area contributed by atoms with Gasteiger partial charge in [-0.15, -0.1) is 0 Å². The molecule has 1 aliphatic rings. The van der Waals surface area contributed by atoms with Crippen molar-refractivity contribution in [1.82, 2.24) is 4.90 Å². The third-order valence-electron chi connectivity index (χ3n) is 3.34. The first kappa shape index (κ1) is 15.5. The Hall–Kier alpha value is -1.88. The maximum Gasteiger partial charge on any atom is 0.335 e. The molecule has 1 saturated heterocycles. The molecule has 0 radical (unpaired) electrons. The number of carbonyl (C=O) groups is 2. The summed E-state index contributed by atoms with van der Waals surface area (Å²) in [7, 11) is 0. The van der Waals surface area contributed by atoms with Crippen LogP contribution in [0, 0.1) is 0 Å². The molecule has 0 aliphatic carbocycles. The van der Waals surface area contributed by atoms with Crippen LogP contribution in [0.4, 0.5) is 0 Å². The zero-order valence-corrected chi connectivity index (χ0v) is 12.8. The summed E-state index contributed by atoms with van der Waals surface area (Å²) in [6.07, 6.45) is 0. The van der Waals surface area contributed by atoms with Gasteiger partial charge in [0.15, 0.2) is 0 Å². The summed E-state index contributed by atoms with van der Waals surface area (Å²) >= 11 is 0. The summed E-state index contributed by atoms with van der Waals surface area (Å²) in [5, 5.41) is 9.02. The molecule has 1 fully saturated rings. The van der Waals surface area contributed by atoms with E-state index in [0.29, 0.717) is 18.7 Å². The Morgan fingerprint density at radius 2 is 1.62 bits per heavy atom. The number of benzene rings is 1. The fourth-order valence-corrected chi connectivity index (χ4v) is 2.90. The SMILES string of the molecule is CC1(C)CN(C(=O)c2cccc(C(=O)O)c2)CC(C)(C)O1. The molecule has 5 nitrogen and oxygen atoms in total. The molecule has 1 amide bonds. The Labute approximate surface area is 124 Å². The number of carboxylic acid groups (broad SMARTS) is 1. The highest BCUT2D eigenvalue weighted by molar-refractivity contribution is 5.97. The molecule has 0 aromatic heterocycles. The number of amides is 1. The topological polar surface area (TPSA) is 66.8 Å². The lowest BCUT2D eigenvalue weighted by Gasteiger charge is -2.47. The lowest BCUT2D eigenvalue weighted by atomic mass is 9.98. The van der Waals surface area contributed by atoms with Gasteiger partial charge in [-0.2, -0.15) is 0 Å². The second-order valence-electron chi connectivity index (χ2n) is 6.67. The number of ether oxygens (including phenoxy) is 1. The lowest BCUT2D eigenvalue weighted by Crippen LogP contribution is -2.58. The Kier molecular flexibility index (Phi) is 3.80. The molecule has 5 heteroatoms. The monoisotopic (exact) mass is 291 g/mol. The number of aromatic carboxylic acids is 1. The Morgan fingerprint density at radius 3 is 2.14 bits per heavy atom. The average molecular weight is 291 g/mol. The molecule has 0 atom stereocenters. The van der Waals surface area contributed by atoms with Crippen LogP contribution in [0.3, 0.4) is 0 Å². The first-order valence-electron chi connectivity index (χ1n) is 6.92. The van der Waals surface area contributed by atoms with Gasteiger partial charge >= 0.3 is 5.97 Å². The van der Waals surface area contributed by atoms with Crippen LogP contribution < -0.4 is 0 Å². The molecule has 1 heterocycles. The summed E-state index contributed by atoms with van der Waals surface area (Å²) in [6.45, 7) is 8.74. The van der Waals surface area contributed by atoms with Gasteiger partial charge in [0.05, 0.1) is 16.8 Å². The molecule has 0 spiro atoms. The first-order chi connectivity index (χ1) is 9.60. The second kappa shape index (κ2) is 5.15. The fourth-order valence-electron chi connectivity index (χ4n) is 2.90. The highest BCUT2D eigenvalue weighted by Gasteiger charge is 2.40. The predicted molar refractivity (Wildman–Crippen MR) is 78.5 cm³/mol. The van der Waals surface area contributed by atoms with Gasteiger partial charge in [-0.05, 0) is 45.9 Å². The Balaban J connectivity index is 2.27. The molecule has 0 bridgehead atoms. The minimum atomic E-state index is -1.03. The minimum absolute atomic E-state index is 0.118. The third-order valence-corrected chi connectivity index (χ3v) is 3.34. The summed E-state index contributed by atoms with van der Waals surface area (Å²) in [6, 6.07) is 6.13. The van der Waals surface area contributed by atoms with E-state index >= 15 is 0 Å². The van der Waals surface area contributed by atoms with Crippen molar-refractivity contribution >= 4 is 11.9 Å². The third kappa shape index (κ3) is 3.61. The number of rotatable bonds is 2. The molecular weight excluding hydrogens is 270 g/mol. The van der Waals surface area contributed by atoms with Crippen LogP contribution in [0.1, 0.15) is 48.4 Å². The molecule has 1 aromatic carbocycles. The van der Waals surface area contributed by atoms with Crippen LogP contribution >= 0.6 is 0 Å². The largest absolute Gasteiger partial charge is 0.478 e. The van der Waals surface area contributed by atoms with Crippen molar-refractivity contribution in [3.8, 4) is 0 Å². The van der Waals surface area contributed by atoms with Crippen molar-refractivity contribution in [2.24, 2.45) is 0 Å². The summed E-state index contributed by atoms with van der Waals surface area (Å²) in [4.78, 5) is 25.4. The molecule has 114 valence electrons. The summed E-state index contributed by atoms with van der Waals surface area (Å²) in [5.74, 6) is -1.20.